The molecule has 9 heteroatoms. The Bertz CT molecular complexity index is 945. The number of methoxy groups -OCH3 is 1. The number of piperidine rings is 1. The first-order valence-corrected chi connectivity index (χ1v) is 10.4. The Morgan fingerprint density at radius 1 is 1.09 bits per heavy atom. The highest BCUT2D eigenvalue weighted by atomic mass is 19.4. The number of hydrogen-bond donors (Lipinski definition) is 1. The Balaban J connectivity index is 2.16. The van der Waals surface area contributed by atoms with Crippen LogP contribution in [0.15, 0.2) is 46.8 Å². The first-order chi connectivity index (χ1) is 15.1. The van der Waals surface area contributed by atoms with Gasteiger partial charge in [-0.15, -0.1) is 0 Å². The number of allylic oxidation sites excluding steroid dienone is 1. The minimum Gasteiger partial charge on any atom is -0.478 e. The normalized spacial score (nSPS) is 20.6. The molecule has 174 valence electrons. The third-order valence-corrected chi connectivity index (χ3v) is 6.22. The molecule has 1 saturated heterocycles. The topological polar surface area (TPSA) is 70.1 Å². The van der Waals surface area contributed by atoms with E-state index in [4.69, 9.17) is 4.74 Å². The van der Waals surface area contributed by atoms with E-state index in [0.29, 0.717) is 23.5 Å². The Labute approximate surface area is 184 Å². The Hall–Kier alpha value is -2.81. The first-order valence-electron chi connectivity index (χ1n) is 10.4. The molecule has 1 aromatic rings. The molecule has 3 rings (SSSR count). The lowest BCUT2D eigenvalue weighted by Crippen LogP contribution is -2.40. The lowest BCUT2D eigenvalue weighted by molar-refractivity contribution is -0.138. The SMILES string of the molecule is COC(=O)C1=C(C)N(C)C(CN2CCCCC2)=C(C(=O)O)C1c1ccc(C(F)(F)F)cc1. The van der Waals surface area contributed by atoms with Gasteiger partial charge in [-0.2, -0.15) is 13.2 Å². The van der Waals surface area contributed by atoms with E-state index in [1.807, 2.05) is 0 Å². The number of rotatable bonds is 5. The van der Waals surface area contributed by atoms with Crippen molar-refractivity contribution in [2.45, 2.75) is 38.3 Å². The van der Waals surface area contributed by atoms with E-state index >= 15 is 0 Å². The van der Waals surface area contributed by atoms with Crippen LogP contribution < -0.4 is 0 Å². The molecule has 1 aromatic carbocycles. The van der Waals surface area contributed by atoms with Gasteiger partial charge in [0.2, 0.25) is 0 Å². The minimum absolute atomic E-state index is 0.0242. The molecular weight excluding hydrogens is 425 g/mol. The number of hydrogen-bond acceptors (Lipinski definition) is 5. The summed E-state index contributed by atoms with van der Waals surface area (Å²) in [4.78, 5) is 29.0. The van der Waals surface area contributed by atoms with Crippen molar-refractivity contribution < 1.29 is 32.6 Å². The largest absolute Gasteiger partial charge is 0.478 e. The lowest BCUT2D eigenvalue weighted by atomic mass is 9.79. The Morgan fingerprint density at radius 3 is 2.19 bits per heavy atom. The van der Waals surface area contributed by atoms with Gasteiger partial charge in [-0.05, 0) is 50.6 Å². The maximum atomic E-state index is 13.1. The minimum atomic E-state index is -4.52. The van der Waals surface area contributed by atoms with Crippen LogP contribution in [-0.2, 0) is 20.5 Å². The van der Waals surface area contributed by atoms with E-state index in [9.17, 15) is 27.9 Å². The van der Waals surface area contributed by atoms with Crippen LogP contribution in [0, 0.1) is 0 Å². The summed E-state index contributed by atoms with van der Waals surface area (Å²) < 4.78 is 44.1. The van der Waals surface area contributed by atoms with Crippen molar-refractivity contribution in [1.29, 1.82) is 0 Å². The van der Waals surface area contributed by atoms with Crippen LogP contribution in [0.2, 0.25) is 0 Å². The summed E-state index contributed by atoms with van der Waals surface area (Å²) in [5.74, 6) is -2.98. The molecule has 2 aliphatic heterocycles. The van der Waals surface area contributed by atoms with Crippen LogP contribution in [0.3, 0.4) is 0 Å². The monoisotopic (exact) mass is 452 g/mol. The highest BCUT2D eigenvalue weighted by Gasteiger charge is 2.41. The van der Waals surface area contributed by atoms with Crippen molar-refractivity contribution in [3.05, 3.63) is 57.9 Å². The van der Waals surface area contributed by atoms with Gasteiger partial charge in [0.05, 0.1) is 29.7 Å². The van der Waals surface area contributed by atoms with Gasteiger partial charge in [-0.1, -0.05) is 18.6 Å². The van der Waals surface area contributed by atoms with E-state index in [0.717, 1.165) is 44.5 Å². The number of carbonyl (C=O) groups excluding carboxylic acids is 1. The zero-order chi connectivity index (χ0) is 23.6. The molecule has 0 bridgehead atoms. The fourth-order valence-electron chi connectivity index (χ4n) is 4.42. The maximum Gasteiger partial charge on any atom is 0.416 e. The highest BCUT2D eigenvalue weighted by molar-refractivity contribution is 5.99. The molecule has 0 radical (unpaired) electrons. The van der Waals surface area contributed by atoms with E-state index in [-0.39, 0.29) is 11.1 Å². The molecule has 0 aliphatic carbocycles. The molecule has 0 spiro atoms. The number of carbonyl (C=O) groups is 2. The average molecular weight is 452 g/mol. The van der Waals surface area contributed by atoms with Crippen LogP contribution in [-0.4, -0.2) is 60.6 Å². The second-order valence-electron chi connectivity index (χ2n) is 8.10. The van der Waals surface area contributed by atoms with E-state index < -0.39 is 29.6 Å². The predicted molar refractivity (Wildman–Crippen MR) is 112 cm³/mol. The van der Waals surface area contributed by atoms with Crippen LogP contribution in [0.1, 0.15) is 43.2 Å². The average Bonchev–Trinajstić information content (AvgIpc) is 2.76. The lowest BCUT2D eigenvalue weighted by Gasteiger charge is -2.39. The van der Waals surface area contributed by atoms with Crippen LogP contribution >= 0.6 is 0 Å². The van der Waals surface area contributed by atoms with Crippen molar-refractivity contribution in [3.8, 4) is 0 Å². The number of halogens is 3. The number of carboxylic acid groups (broad SMARTS) is 1. The summed E-state index contributed by atoms with van der Waals surface area (Å²) in [5, 5.41) is 10.2. The Kier molecular flexibility index (Phi) is 6.97. The summed E-state index contributed by atoms with van der Waals surface area (Å²) in [6.07, 6.45) is -1.36. The van der Waals surface area contributed by atoms with Crippen molar-refractivity contribution in [2.75, 3.05) is 33.8 Å². The number of likely N-dealkylation sites (N-methyl/N-ethyl adjacent to an activating group) is 1. The van der Waals surface area contributed by atoms with E-state index in [1.165, 1.54) is 19.2 Å². The molecule has 2 aliphatic rings. The molecule has 0 saturated carbocycles. The highest BCUT2D eigenvalue weighted by Crippen LogP contribution is 2.43. The van der Waals surface area contributed by atoms with Gasteiger partial charge in [0.15, 0.2) is 0 Å². The fraction of sp³-hybridized carbons (Fsp3) is 0.478. The van der Waals surface area contributed by atoms with Crippen LogP contribution in [0.5, 0.6) is 0 Å². The maximum absolute atomic E-state index is 13.1. The van der Waals surface area contributed by atoms with Crippen LogP contribution in [0.4, 0.5) is 13.2 Å². The molecule has 1 atom stereocenters. The second kappa shape index (κ2) is 9.36. The first kappa shape index (κ1) is 23.8. The van der Waals surface area contributed by atoms with Gasteiger partial charge in [-0.3, -0.25) is 4.90 Å². The van der Waals surface area contributed by atoms with Gasteiger partial charge in [0, 0.05) is 25.0 Å². The van der Waals surface area contributed by atoms with Gasteiger partial charge in [0.1, 0.15) is 0 Å². The van der Waals surface area contributed by atoms with Gasteiger partial charge in [-0.25, -0.2) is 9.59 Å². The standard InChI is InChI=1S/C23H27F3N2O4/c1-14-18(22(31)32-3)19(15-7-9-16(10-8-15)23(24,25)26)20(21(29)30)17(27(14)2)13-28-11-5-4-6-12-28/h7-10,19H,4-6,11-13H2,1-3H3,(H,29,30). The molecule has 6 nitrogen and oxygen atoms in total. The molecular formula is C23H27F3N2O4. The third-order valence-electron chi connectivity index (χ3n) is 6.22. The summed E-state index contributed by atoms with van der Waals surface area (Å²) >= 11 is 0. The summed E-state index contributed by atoms with van der Waals surface area (Å²) in [7, 11) is 2.89. The quantitative estimate of drug-likeness (QED) is 0.681. The second-order valence-corrected chi connectivity index (χ2v) is 8.10. The zero-order valence-electron chi connectivity index (χ0n) is 18.3. The zero-order valence-corrected chi connectivity index (χ0v) is 18.3. The number of benzene rings is 1. The number of esters is 1. The number of ether oxygens (including phenoxy) is 1. The third kappa shape index (κ3) is 4.67. The predicted octanol–water partition coefficient (Wildman–Crippen LogP) is 4.01. The summed E-state index contributed by atoms with van der Waals surface area (Å²) in [6.45, 7) is 3.74. The number of alkyl halides is 3. The number of nitrogens with zero attached hydrogens (tertiary/aromatic N) is 2. The fourth-order valence-corrected chi connectivity index (χ4v) is 4.42. The van der Waals surface area contributed by atoms with E-state index in [2.05, 4.69) is 4.90 Å². The number of aliphatic carboxylic acids is 1. The van der Waals surface area contributed by atoms with Crippen molar-refractivity contribution in [3.63, 3.8) is 0 Å². The molecule has 0 aromatic heterocycles. The van der Waals surface area contributed by atoms with Gasteiger partial charge in [0.25, 0.3) is 0 Å². The molecule has 32 heavy (non-hydrogen) atoms. The van der Waals surface area contributed by atoms with Crippen LogP contribution in [0.25, 0.3) is 0 Å². The summed E-state index contributed by atoms with van der Waals surface area (Å²) in [6, 6.07) is 4.27. The Morgan fingerprint density at radius 2 is 1.69 bits per heavy atom. The molecule has 1 unspecified atom stereocenters. The molecule has 1 N–H and O–H groups in total. The van der Waals surface area contributed by atoms with Crippen molar-refractivity contribution in [2.24, 2.45) is 0 Å². The smallest absolute Gasteiger partial charge is 0.416 e. The van der Waals surface area contributed by atoms with Crippen molar-refractivity contribution >= 4 is 11.9 Å². The number of likely N-dealkylation sites (tertiary alicyclic amines) is 1. The molecule has 0 amide bonds. The summed E-state index contributed by atoms with van der Waals surface area (Å²) in [5.41, 5.74) is 0.565. The number of carboxylic acids is 1. The molecule has 2 heterocycles. The molecule has 1 fully saturated rings. The van der Waals surface area contributed by atoms with Crippen molar-refractivity contribution in [1.82, 2.24) is 9.80 Å². The van der Waals surface area contributed by atoms with E-state index in [1.54, 1.807) is 18.9 Å². The van der Waals surface area contributed by atoms with Gasteiger partial charge >= 0.3 is 18.1 Å². The van der Waals surface area contributed by atoms with Gasteiger partial charge < -0.3 is 14.7 Å².